The van der Waals surface area contributed by atoms with Crippen molar-refractivity contribution in [1.29, 1.82) is 0 Å². The lowest BCUT2D eigenvalue weighted by Gasteiger charge is -2.07. The SMILES string of the molecule is CC(C)c1c(-c2ccco2)nn(-c2ccccc2)c1N. The predicted octanol–water partition coefficient (Wildman–Crippen LogP) is 3.84. The number of anilines is 1. The Labute approximate surface area is 117 Å². The van der Waals surface area contributed by atoms with Gasteiger partial charge in [-0.3, -0.25) is 0 Å². The van der Waals surface area contributed by atoms with Crippen LogP contribution in [0.4, 0.5) is 5.82 Å². The molecule has 0 amide bonds. The van der Waals surface area contributed by atoms with E-state index in [1.54, 1.807) is 10.9 Å². The molecule has 4 heteroatoms. The maximum Gasteiger partial charge on any atom is 0.154 e. The fourth-order valence-corrected chi connectivity index (χ4v) is 2.37. The first-order valence-electron chi connectivity index (χ1n) is 6.66. The van der Waals surface area contributed by atoms with Crippen molar-refractivity contribution in [3.8, 4) is 17.1 Å². The molecule has 102 valence electrons. The highest BCUT2D eigenvalue weighted by molar-refractivity contribution is 5.67. The van der Waals surface area contributed by atoms with Crippen LogP contribution in [-0.4, -0.2) is 9.78 Å². The first kappa shape index (κ1) is 12.5. The minimum Gasteiger partial charge on any atom is -0.463 e. The maximum absolute atomic E-state index is 6.30. The lowest BCUT2D eigenvalue weighted by molar-refractivity contribution is 0.578. The molecule has 0 aliphatic carbocycles. The highest BCUT2D eigenvalue weighted by Crippen LogP contribution is 2.34. The van der Waals surface area contributed by atoms with E-state index in [9.17, 15) is 0 Å². The van der Waals surface area contributed by atoms with Crippen LogP contribution in [0.25, 0.3) is 17.1 Å². The second-order valence-corrected chi connectivity index (χ2v) is 5.03. The fourth-order valence-electron chi connectivity index (χ4n) is 2.37. The van der Waals surface area contributed by atoms with E-state index in [1.165, 1.54) is 0 Å². The third kappa shape index (κ3) is 1.99. The molecule has 0 saturated heterocycles. The van der Waals surface area contributed by atoms with Gasteiger partial charge < -0.3 is 10.2 Å². The molecule has 2 heterocycles. The molecule has 2 aromatic heterocycles. The summed E-state index contributed by atoms with van der Waals surface area (Å²) in [6, 6.07) is 13.6. The average molecular weight is 267 g/mol. The third-order valence-corrected chi connectivity index (χ3v) is 3.29. The normalized spacial score (nSPS) is 11.2. The van der Waals surface area contributed by atoms with E-state index < -0.39 is 0 Å². The Kier molecular flexibility index (Phi) is 3.06. The van der Waals surface area contributed by atoms with Crippen LogP contribution in [0, 0.1) is 0 Å². The quantitative estimate of drug-likeness (QED) is 0.784. The van der Waals surface area contributed by atoms with Crippen LogP contribution in [-0.2, 0) is 0 Å². The van der Waals surface area contributed by atoms with Crippen molar-refractivity contribution in [2.45, 2.75) is 19.8 Å². The van der Waals surface area contributed by atoms with E-state index in [0.29, 0.717) is 5.82 Å². The summed E-state index contributed by atoms with van der Waals surface area (Å²) in [6.45, 7) is 4.21. The van der Waals surface area contributed by atoms with Crippen LogP contribution < -0.4 is 5.73 Å². The van der Waals surface area contributed by atoms with Crippen molar-refractivity contribution in [3.63, 3.8) is 0 Å². The van der Waals surface area contributed by atoms with Gasteiger partial charge in [0.2, 0.25) is 0 Å². The number of nitrogens with two attached hydrogens (primary N) is 1. The summed E-state index contributed by atoms with van der Waals surface area (Å²) in [5.74, 6) is 1.68. The average Bonchev–Trinajstić information content (AvgIpc) is 3.06. The molecule has 0 bridgehead atoms. The van der Waals surface area contributed by atoms with Crippen LogP contribution in [0.1, 0.15) is 25.3 Å². The molecule has 2 N–H and O–H groups in total. The van der Waals surface area contributed by atoms with Crippen LogP contribution in [0.2, 0.25) is 0 Å². The number of furan rings is 1. The number of para-hydroxylation sites is 1. The van der Waals surface area contributed by atoms with Gasteiger partial charge in [0.1, 0.15) is 11.5 Å². The van der Waals surface area contributed by atoms with Gasteiger partial charge in [0.25, 0.3) is 0 Å². The Bertz CT molecular complexity index is 697. The van der Waals surface area contributed by atoms with Gasteiger partial charge in [-0.15, -0.1) is 0 Å². The fraction of sp³-hybridized carbons (Fsp3) is 0.188. The molecule has 0 saturated carbocycles. The lowest BCUT2D eigenvalue weighted by Crippen LogP contribution is -2.03. The van der Waals surface area contributed by atoms with Gasteiger partial charge in [-0.2, -0.15) is 5.10 Å². The smallest absolute Gasteiger partial charge is 0.154 e. The van der Waals surface area contributed by atoms with Gasteiger partial charge in [-0.1, -0.05) is 32.0 Å². The summed E-state index contributed by atoms with van der Waals surface area (Å²) in [5, 5.41) is 4.64. The molecular weight excluding hydrogens is 250 g/mol. The number of nitrogen functional groups attached to an aromatic ring is 1. The summed E-state index contributed by atoms with van der Waals surface area (Å²) in [5.41, 5.74) is 9.08. The Hall–Kier alpha value is -2.49. The molecule has 0 aliphatic rings. The number of benzene rings is 1. The zero-order valence-corrected chi connectivity index (χ0v) is 11.6. The van der Waals surface area contributed by atoms with Gasteiger partial charge >= 0.3 is 0 Å². The van der Waals surface area contributed by atoms with E-state index >= 15 is 0 Å². The topological polar surface area (TPSA) is 57.0 Å². The van der Waals surface area contributed by atoms with Crippen molar-refractivity contribution < 1.29 is 4.42 Å². The first-order chi connectivity index (χ1) is 9.68. The number of hydrogen-bond donors (Lipinski definition) is 1. The number of rotatable bonds is 3. The van der Waals surface area contributed by atoms with Crippen molar-refractivity contribution in [3.05, 3.63) is 54.3 Å². The monoisotopic (exact) mass is 267 g/mol. The van der Waals surface area contributed by atoms with Crippen LogP contribution in [0.3, 0.4) is 0 Å². The number of nitrogens with zero attached hydrogens (tertiary/aromatic N) is 2. The molecule has 3 aromatic rings. The summed E-state index contributed by atoms with van der Waals surface area (Å²) < 4.78 is 7.25. The molecule has 4 nitrogen and oxygen atoms in total. The minimum atomic E-state index is 0.271. The Morgan fingerprint density at radius 2 is 1.85 bits per heavy atom. The Balaban J connectivity index is 2.22. The van der Waals surface area contributed by atoms with E-state index in [0.717, 1.165) is 22.7 Å². The van der Waals surface area contributed by atoms with Crippen molar-refractivity contribution >= 4 is 5.82 Å². The minimum absolute atomic E-state index is 0.271. The van der Waals surface area contributed by atoms with Crippen LogP contribution in [0.15, 0.2) is 53.1 Å². The molecule has 1 aromatic carbocycles. The van der Waals surface area contributed by atoms with E-state index in [4.69, 9.17) is 10.2 Å². The zero-order valence-electron chi connectivity index (χ0n) is 11.6. The summed E-state index contributed by atoms with van der Waals surface area (Å²) in [6.07, 6.45) is 1.65. The summed E-state index contributed by atoms with van der Waals surface area (Å²) in [4.78, 5) is 0. The zero-order chi connectivity index (χ0) is 14.1. The highest BCUT2D eigenvalue weighted by atomic mass is 16.3. The third-order valence-electron chi connectivity index (χ3n) is 3.29. The van der Waals surface area contributed by atoms with Crippen LogP contribution >= 0.6 is 0 Å². The van der Waals surface area contributed by atoms with Gasteiger partial charge in [0.15, 0.2) is 5.76 Å². The van der Waals surface area contributed by atoms with E-state index in [1.807, 2.05) is 42.5 Å². The molecule has 0 fully saturated rings. The van der Waals surface area contributed by atoms with E-state index in [2.05, 4.69) is 18.9 Å². The largest absolute Gasteiger partial charge is 0.463 e. The molecule has 20 heavy (non-hydrogen) atoms. The first-order valence-corrected chi connectivity index (χ1v) is 6.66. The van der Waals surface area contributed by atoms with Crippen LogP contribution in [0.5, 0.6) is 0 Å². The van der Waals surface area contributed by atoms with E-state index in [-0.39, 0.29) is 5.92 Å². The molecule has 0 spiro atoms. The van der Waals surface area contributed by atoms with Gasteiger partial charge in [0, 0.05) is 5.56 Å². The second kappa shape index (κ2) is 4.89. The Morgan fingerprint density at radius 3 is 2.45 bits per heavy atom. The van der Waals surface area contributed by atoms with Gasteiger partial charge in [0.05, 0.1) is 12.0 Å². The summed E-state index contributed by atoms with van der Waals surface area (Å²) >= 11 is 0. The summed E-state index contributed by atoms with van der Waals surface area (Å²) in [7, 11) is 0. The lowest BCUT2D eigenvalue weighted by atomic mass is 10.0. The highest BCUT2D eigenvalue weighted by Gasteiger charge is 2.21. The standard InChI is InChI=1S/C16H17N3O/c1-11(2)14-15(13-9-6-10-20-13)18-19(16(14)17)12-7-4-3-5-8-12/h3-11H,17H2,1-2H3. The molecule has 0 atom stereocenters. The van der Waals surface area contributed by atoms with Crippen molar-refractivity contribution in [1.82, 2.24) is 9.78 Å². The number of aromatic nitrogens is 2. The maximum atomic E-state index is 6.30. The van der Waals surface area contributed by atoms with Gasteiger partial charge in [-0.05, 0) is 30.2 Å². The molecular formula is C16H17N3O. The van der Waals surface area contributed by atoms with Gasteiger partial charge in [-0.25, -0.2) is 4.68 Å². The molecule has 0 unspecified atom stereocenters. The second-order valence-electron chi connectivity index (χ2n) is 5.03. The molecule has 0 radical (unpaired) electrons. The predicted molar refractivity (Wildman–Crippen MR) is 79.8 cm³/mol. The molecule has 3 rings (SSSR count). The molecule has 0 aliphatic heterocycles. The Morgan fingerprint density at radius 1 is 1.10 bits per heavy atom. The van der Waals surface area contributed by atoms with Crippen molar-refractivity contribution in [2.24, 2.45) is 0 Å². The number of hydrogen-bond acceptors (Lipinski definition) is 3. The van der Waals surface area contributed by atoms with Crippen molar-refractivity contribution in [2.75, 3.05) is 5.73 Å².